The zero-order chi connectivity index (χ0) is 23.1. The van der Waals surface area contributed by atoms with Crippen LogP contribution in [0.3, 0.4) is 0 Å². The molecule has 1 N–H and O–H groups in total. The van der Waals surface area contributed by atoms with E-state index >= 15 is 0 Å². The van der Waals surface area contributed by atoms with E-state index in [1.165, 1.54) is 18.1 Å². The van der Waals surface area contributed by atoms with Crippen molar-refractivity contribution in [2.24, 2.45) is 0 Å². The minimum atomic E-state index is -0.779. The van der Waals surface area contributed by atoms with E-state index in [-0.39, 0.29) is 5.57 Å². The third-order valence-electron chi connectivity index (χ3n) is 5.19. The van der Waals surface area contributed by atoms with E-state index in [9.17, 15) is 19.5 Å². The number of hydrogen-bond donors (Lipinski definition) is 1. The Labute approximate surface area is 186 Å². The van der Waals surface area contributed by atoms with Crippen LogP contribution in [-0.4, -0.2) is 55.0 Å². The maximum atomic E-state index is 13.1. The summed E-state index contributed by atoms with van der Waals surface area (Å²) in [6.07, 6.45) is 3.52. The van der Waals surface area contributed by atoms with Gasteiger partial charge in [0.2, 0.25) is 0 Å². The number of benzene rings is 2. The van der Waals surface area contributed by atoms with Crippen molar-refractivity contribution in [3.8, 4) is 0 Å². The van der Waals surface area contributed by atoms with Gasteiger partial charge in [0.25, 0.3) is 5.91 Å². The van der Waals surface area contributed by atoms with Crippen molar-refractivity contribution in [1.29, 1.82) is 0 Å². The zero-order valence-electron chi connectivity index (χ0n) is 18.0. The standard InChI is InChI=1S/C25H25NO6/c1-31-16-6-15-26-22(18-10-12-19(13-11-18)25(30)32-2)21(23(28)24(26)29)20(27)14-9-17-7-4-3-5-8-17/h3-5,7-14,22,28H,6,15-16H2,1-2H3. The van der Waals surface area contributed by atoms with Gasteiger partial charge in [-0.2, -0.15) is 0 Å². The van der Waals surface area contributed by atoms with Crippen LogP contribution in [0.15, 0.2) is 72.0 Å². The lowest BCUT2D eigenvalue weighted by Crippen LogP contribution is -2.32. The Morgan fingerprint density at radius 2 is 1.75 bits per heavy atom. The number of allylic oxidation sites excluding steroid dienone is 1. The number of nitrogens with zero attached hydrogens (tertiary/aromatic N) is 1. The van der Waals surface area contributed by atoms with E-state index in [1.807, 2.05) is 30.3 Å². The van der Waals surface area contributed by atoms with Crippen molar-refractivity contribution in [2.75, 3.05) is 27.4 Å². The Bertz CT molecular complexity index is 1040. The van der Waals surface area contributed by atoms with Crippen molar-refractivity contribution in [1.82, 2.24) is 4.90 Å². The number of carbonyl (C=O) groups is 3. The summed E-state index contributed by atoms with van der Waals surface area (Å²) >= 11 is 0. The maximum absolute atomic E-state index is 13.1. The molecule has 1 aliphatic heterocycles. The molecule has 1 unspecified atom stereocenters. The van der Waals surface area contributed by atoms with Crippen molar-refractivity contribution in [3.63, 3.8) is 0 Å². The molecule has 0 saturated carbocycles. The third-order valence-corrected chi connectivity index (χ3v) is 5.19. The number of methoxy groups -OCH3 is 2. The van der Waals surface area contributed by atoms with Crippen LogP contribution in [0.4, 0.5) is 0 Å². The molecular formula is C25H25NO6. The van der Waals surface area contributed by atoms with Crippen LogP contribution in [0.1, 0.15) is 33.9 Å². The summed E-state index contributed by atoms with van der Waals surface area (Å²) < 4.78 is 9.80. The summed E-state index contributed by atoms with van der Waals surface area (Å²) in [4.78, 5) is 39.1. The van der Waals surface area contributed by atoms with Gasteiger partial charge in [-0.15, -0.1) is 0 Å². The number of aliphatic hydroxyl groups is 1. The normalized spacial score (nSPS) is 16.1. The van der Waals surface area contributed by atoms with Crippen LogP contribution in [0.25, 0.3) is 6.08 Å². The van der Waals surface area contributed by atoms with E-state index < -0.39 is 29.5 Å². The SMILES string of the molecule is COCCCN1C(=O)C(O)=C(C(=O)C=Cc2ccccc2)C1c1ccc(C(=O)OC)cc1. The van der Waals surface area contributed by atoms with E-state index in [0.717, 1.165) is 5.56 Å². The highest BCUT2D eigenvalue weighted by Gasteiger charge is 2.42. The molecule has 32 heavy (non-hydrogen) atoms. The molecule has 0 aromatic heterocycles. The second kappa shape index (κ2) is 10.5. The largest absolute Gasteiger partial charge is 0.503 e. The number of rotatable bonds is 9. The maximum Gasteiger partial charge on any atom is 0.337 e. The number of esters is 1. The summed E-state index contributed by atoms with van der Waals surface area (Å²) in [6.45, 7) is 0.717. The van der Waals surface area contributed by atoms with E-state index in [1.54, 1.807) is 37.5 Å². The highest BCUT2D eigenvalue weighted by molar-refractivity contribution is 6.14. The highest BCUT2D eigenvalue weighted by Crippen LogP contribution is 2.38. The molecule has 0 spiro atoms. The summed E-state index contributed by atoms with van der Waals surface area (Å²) in [7, 11) is 2.86. The predicted molar refractivity (Wildman–Crippen MR) is 119 cm³/mol. The average Bonchev–Trinajstić information content (AvgIpc) is 3.08. The van der Waals surface area contributed by atoms with Gasteiger partial charge in [0.1, 0.15) is 0 Å². The molecule has 1 heterocycles. The summed E-state index contributed by atoms with van der Waals surface area (Å²) in [5.41, 5.74) is 1.77. The van der Waals surface area contributed by atoms with Crippen LogP contribution in [0.2, 0.25) is 0 Å². The number of hydrogen-bond acceptors (Lipinski definition) is 6. The van der Waals surface area contributed by atoms with Gasteiger partial charge in [-0.1, -0.05) is 48.5 Å². The molecule has 1 aliphatic rings. The first-order valence-electron chi connectivity index (χ1n) is 10.2. The van der Waals surface area contributed by atoms with Crippen molar-refractivity contribution >= 4 is 23.7 Å². The smallest absolute Gasteiger partial charge is 0.337 e. The summed E-state index contributed by atoms with van der Waals surface area (Å²) in [5.74, 6) is -2.13. The molecule has 3 rings (SSSR count). The Balaban J connectivity index is 1.96. The second-order valence-electron chi connectivity index (χ2n) is 7.23. The topological polar surface area (TPSA) is 93.1 Å². The zero-order valence-corrected chi connectivity index (χ0v) is 18.0. The number of ether oxygens (including phenoxy) is 2. The monoisotopic (exact) mass is 435 g/mol. The minimum absolute atomic E-state index is 0.00501. The number of aliphatic hydroxyl groups excluding tert-OH is 1. The molecule has 7 heteroatoms. The van der Waals surface area contributed by atoms with Crippen molar-refractivity contribution in [2.45, 2.75) is 12.5 Å². The molecule has 7 nitrogen and oxygen atoms in total. The molecule has 166 valence electrons. The average molecular weight is 435 g/mol. The van der Waals surface area contributed by atoms with Gasteiger partial charge in [0, 0.05) is 20.3 Å². The molecule has 2 aromatic rings. The van der Waals surface area contributed by atoms with Gasteiger partial charge in [-0.3, -0.25) is 9.59 Å². The van der Waals surface area contributed by atoms with Gasteiger partial charge in [0.05, 0.1) is 24.3 Å². The molecule has 2 aromatic carbocycles. The molecule has 1 atom stereocenters. The Morgan fingerprint density at radius 1 is 1.06 bits per heavy atom. The highest BCUT2D eigenvalue weighted by atomic mass is 16.5. The van der Waals surface area contributed by atoms with Crippen molar-refractivity contribution < 1.29 is 29.0 Å². The molecule has 0 fully saturated rings. The van der Waals surface area contributed by atoms with Gasteiger partial charge >= 0.3 is 5.97 Å². The lowest BCUT2D eigenvalue weighted by molar-refractivity contribution is -0.129. The Kier molecular flexibility index (Phi) is 7.57. The van der Waals surface area contributed by atoms with E-state index in [0.29, 0.717) is 30.7 Å². The fourth-order valence-corrected chi connectivity index (χ4v) is 3.61. The molecule has 0 aliphatic carbocycles. The Morgan fingerprint density at radius 3 is 2.38 bits per heavy atom. The molecule has 0 radical (unpaired) electrons. The van der Waals surface area contributed by atoms with Gasteiger partial charge < -0.3 is 19.5 Å². The second-order valence-corrected chi connectivity index (χ2v) is 7.23. The number of ketones is 1. The molecular weight excluding hydrogens is 410 g/mol. The van der Waals surface area contributed by atoms with Crippen LogP contribution < -0.4 is 0 Å². The van der Waals surface area contributed by atoms with Gasteiger partial charge in [-0.25, -0.2) is 4.79 Å². The minimum Gasteiger partial charge on any atom is -0.503 e. The fraction of sp³-hybridized carbons (Fsp3) is 0.240. The first kappa shape index (κ1) is 23.0. The third kappa shape index (κ3) is 4.95. The fourth-order valence-electron chi connectivity index (χ4n) is 3.61. The number of carbonyl (C=O) groups excluding carboxylic acids is 3. The lowest BCUT2D eigenvalue weighted by atomic mass is 9.94. The van der Waals surface area contributed by atoms with Gasteiger partial charge in [0.15, 0.2) is 11.5 Å². The Hall–Kier alpha value is -3.71. The lowest BCUT2D eigenvalue weighted by Gasteiger charge is -2.26. The molecule has 1 amide bonds. The van der Waals surface area contributed by atoms with Gasteiger partial charge in [-0.05, 0) is 35.8 Å². The molecule has 0 bridgehead atoms. The first-order chi connectivity index (χ1) is 15.5. The van der Waals surface area contributed by atoms with Crippen LogP contribution >= 0.6 is 0 Å². The predicted octanol–water partition coefficient (Wildman–Crippen LogP) is 3.49. The van der Waals surface area contributed by atoms with Crippen LogP contribution in [-0.2, 0) is 19.1 Å². The molecule has 0 saturated heterocycles. The first-order valence-corrected chi connectivity index (χ1v) is 10.2. The summed E-state index contributed by atoms with van der Waals surface area (Å²) in [6, 6.07) is 14.9. The summed E-state index contributed by atoms with van der Waals surface area (Å²) in [5, 5.41) is 10.6. The van der Waals surface area contributed by atoms with E-state index in [4.69, 9.17) is 9.47 Å². The quantitative estimate of drug-likeness (QED) is 0.368. The van der Waals surface area contributed by atoms with Crippen molar-refractivity contribution in [3.05, 3.63) is 88.7 Å². The van der Waals surface area contributed by atoms with Crippen LogP contribution in [0, 0.1) is 0 Å². The van der Waals surface area contributed by atoms with Crippen LogP contribution in [0.5, 0.6) is 0 Å². The van der Waals surface area contributed by atoms with E-state index in [2.05, 4.69) is 0 Å². The number of amides is 1.